The molecule has 3 rings (SSSR count). The Bertz CT molecular complexity index is 583. The van der Waals surface area contributed by atoms with Crippen LogP contribution in [0.25, 0.3) is 0 Å². The number of fused-ring (bicyclic) bond motifs is 2. The molecule has 1 aliphatic carbocycles. The Kier molecular flexibility index (Phi) is 2.49. The summed E-state index contributed by atoms with van der Waals surface area (Å²) in [6.07, 6.45) is 4.20. The zero-order valence-electron chi connectivity index (χ0n) is 11.8. The van der Waals surface area contributed by atoms with Crippen LogP contribution in [-0.4, -0.2) is 22.5 Å². The van der Waals surface area contributed by atoms with E-state index in [4.69, 9.17) is 9.47 Å². The molecular weight excluding hydrogens is 258 g/mol. The number of carbonyl (C=O) groups excluding carboxylic acids is 2. The first-order chi connectivity index (χ1) is 9.33. The predicted octanol–water partition coefficient (Wildman–Crippen LogP) is 2.11. The second-order valence-corrected chi connectivity index (χ2v) is 6.25. The first-order valence-corrected chi connectivity index (χ1v) is 6.69. The molecule has 20 heavy (non-hydrogen) atoms. The van der Waals surface area contributed by atoms with Crippen LogP contribution >= 0.6 is 0 Å². The number of aromatic nitrogens is 1. The van der Waals surface area contributed by atoms with E-state index in [1.807, 2.05) is 20.8 Å². The molecule has 1 aromatic rings. The highest BCUT2D eigenvalue weighted by molar-refractivity contribution is 5.94. The van der Waals surface area contributed by atoms with Crippen molar-refractivity contribution in [2.45, 2.75) is 39.2 Å². The van der Waals surface area contributed by atoms with Gasteiger partial charge in [0, 0.05) is 11.6 Å². The van der Waals surface area contributed by atoms with Crippen molar-refractivity contribution in [1.29, 1.82) is 0 Å². The predicted molar refractivity (Wildman–Crippen MR) is 69.8 cm³/mol. The third-order valence-corrected chi connectivity index (χ3v) is 5.26. The van der Waals surface area contributed by atoms with Gasteiger partial charge in [-0.05, 0) is 31.9 Å². The van der Waals surface area contributed by atoms with E-state index in [0.717, 1.165) is 0 Å². The Hall–Kier alpha value is -1.91. The Morgan fingerprint density at radius 2 is 2.10 bits per heavy atom. The molecule has 1 saturated carbocycles. The van der Waals surface area contributed by atoms with Crippen molar-refractivity contribution in [1.82, 2.24) is 4.98 Å². The molecule has 5 nitrogen and oxygen atoms in total. The van der Waals surface area contributed by atoms with Crippen LogP contribution in [0.5, 0.6) is 5.75 Å². The lowest BCUT2D eigenvalue weighted by atomic mass is 9.66. The van der Waals surface area contributed by atoms with Gasteiger partial charge in [0.2, 0.25) is 5.60 Å². The Morgan fingerprint density at radius 1 is 1.35 bits per heavy atom. The van der Waals surface area contributed by atoms with E-state index < -0.39 is 22.4 Å². The number of nitrogens with zero attached hydrogens (tertiary/aromatic N) is 1. The van der Waals surface area contributed by atoms with Gasteiger partial charge in [0.05, 0.1) is 11.6 Å². The van der Waals surface area contributed by atoms with Crippen molar-refractivity contribution >= 4 is 11.9 Å². The Labute approximate surface area is 117 Å². The summed E-state index contributed by atoms with van der Waals surface area (Å²) in [5.74, 6) is -0.457. The second-order valence-electron chi connectivity index (χ2n) is 6.25. The van der Waals surface area contributed by atoms with Gasteiger partial charge in [-0.3, -0.25) is 9.78 Å². The fourth-order valence-electron chi connectivity index (χ4n) is 3.30. The fourth-order valence-corrected chi connectivity index (χ4v) is 3.30. The number of esters is 2. The average Bonchev–Trinajstić information content (AvgIpc) is 2.70. The zero-order valence-corrected chi connectivity index (χ0v) is 11.8. The first-order valence-electron chi connectivity index (χ1n) is 6.69. The molecule has 0 amide bonds. The highest BCUT2D eigenvalue weighted by Crippen LogP contribution is 2.65. The van der Waals surface area contributed by atoms with E-state index >= 15 is 0 Å². The van der Waals surface area contributed by atoms with Gasteiger partial charge in [0.1, 0.15) is 5.75 Å². The maximum atomic E-state index is 12.6. The van der Waals surface area contributed by atoms with E-state index in [1.165, 1.54) is 6.20 Å². The monoisotopic (exact) mass is 275 g/mol. The number of hydrogen-bond donors (Lipinski definition) is 0. The third-order valence-electron chi connectivity index (χ3n) is 5.26. The molecule has 5 heteroatoms. The van der Waals surface area contributed by atoms with Gasteiger partial charge in [-0.15, -0.1) is 0 Å². The highest BCUT2D eigenvalue weighted by Gasteiger charge is 2.76. The van der Waals surface area contributed by atoms with Crippen LogP contribution in [0.4, 0.5) is 0 Å². The van der Waals surface area contributed by atoms with Gasteiger partial charge in [0.25, 0.3) is 0 Å². The number of pyridine rings is 1. The summed E-state index contributed by atoms with van der Waals surface area (Å²) in [5.41, 5.74) is -2.40. The van der Waals surface area contributed by atoms with Gasteiger partial charge in [-0.2, -0.15) is 0 Å². The molecule has 0 spiro atoms. The normalized spacial score (nSPS) is 33.9. The molecule has 2 fully saturated rings. The minimum absolute atomic E-state index is 0.308. The van der Waals surface area contributed by atoms with Crippen LogP contribution in [0.3, 0.4) is 0 Å². The maximum absolute atomic E-state index is 12.6. The molecule has 1 saturated heterocycles. The number of rotatable bonds is 2. The molecule has 106 valence electrons. The zero-order chi connectivity index (χ0) is 14.6. The molecule has 0 aromatic carbocycles. The molecule has 1 aliphatic heterocycles. The van der Waals surface area contributed by atoms with E-state index in [0.29, 0.717) is 18.6 Å². The van der Waals surface area contributed by atoms with Crippen LogP contribution in [0.2, 0.25) is 0 Å². The van der Waals surface area contributed by atoms with Crippen LogP contribution in [0, 0.1) is 10.8 Å². The molecular formula is C15H17NO4. The van der Waals surface area contributed by atoms with Gasteiger partial charge in [0.15, 0.2) is 0 Å². The van der Waals surface area contributed by atoms with Gasteiger partial charge >= 0.3 is 11.9 Å². The minimum Gasteiger partial charge on any atom is -0.446 e. The lowest BCUT2D eigenvalue weighted by Crippen LogP contribution is -2.50. The summed E-state index contributed by atoms with van der Waals surface area (Å²) in [6.45, 7) is 5.66. The summed E-state index contributed by atoms with van der Waals surface area (Å²) < 4.78 is 10.8. The molecule has 0 N–H and O–H groups in total. The summed E-state index contributed by atoms with van der Waals surface area (Å²) in [6, 6.07) is 3.34. The standard InChI is InChI=1S/C15H17NO4/c1-13(2)14(3)6-7-15(13,20-11(14)17)12(18)19-10-5-4-8-16-9-10/h4-5,8-9H,6-7H2,1-3H3/t14-,15+/m1/s1. The van der Waals surface area contributed by atoms with E-state index in [-0.39, 0.29) is 5.97 Å². The fraction of sp³-hybridized carbons (Fsp3) is 0.533. The van der Waals surface area contributed by atoms with Crippen LogP contribution in [0.1, 0.15) is 33.6 Å². The van der Waals surface area contributed by atoms with E-state index in [9.17, 15) is 9.59 Å². The lowest BCUT2D eigenvalue weighted by Gasteiger charge is -2.34. The van der Waals surface area contributed by atoms with Crippen molar-refractivity contribution in [3.63, 3.8) is 0 Å². The summed E-state index contributed by atoms with van der Waals surface area (Å²) in [7, 11) is 0. The second kappa shape index (κ2) is 3.81. The summed E-state index contributed by atoms with van der Waals surface area (Å²) in [5, 5.41) is 0. The topological polar surface area (TPSA) is 65.5 Å². The average molecular weight is 275 g/mol. The van der Waals surface area contributed by atoms with Crippen molar-refractivity contribution in [2.75, 3.05) is 0 Å². The first kappa shape index (κ1) is 13.1. The largest absolute Gasteiger partial charge is 0.446 e. The lowest BCUT2D eigenvalue weighted by molar-refractivity contribution is -0.176. The SMILES string of the molecule is CC1(C)[C@@]2(C(=O)Oc3cccnc3)CC[C@]1(C)C(=O)O2. The molecule has 2 bridgehead atoms. The molecule has 2 aliphatic rings. The molecule has 0 radical (unpaired) electrons. The molecule has 1 aromatic heterocycles. The highest BCUT2D eigenvalue weighted by atomic mass is 16.6. The van der Waals surface area contributed by atoms with Crippen molar-refractivity contribution < 1.29 is 19.1 Å². The van der Waals surface area contributed by atoms with E-state index in [2.05, 4.69) is 4.98 Å². The third kappa shape index (κ3) is 1.35. The maximum Gasteiger partial charge on any atom is 0.356 e. The summed E-state index contributed by atoms with van der Waals surface area (Å²) >= 11 is 0. The number of carbonyl (C=O) groups is 2. The van der Waals surface area contributed by atoms with Gasteiger partial charge < -0.3 is 9.47 Å². The smallest absolute Gasteiger partial charge is 0.356 e. The quantitative estimate of drug-likeness (QED) is 0.773. The molecule has 2 heterocycles. The Balaban J connectivity index is 1.94. The van der Waals surface area contributed by atoms with Gasteiger partial charge in [-0.25, -0.2) is 4.79 Å². The Morgan fingerprint density at radius 3 is 2.60 bits per heavy atom. The van der Waals surface area contributed by atoms with Gasteiger partial charge in [-0.1, -0.05) is 13.8 Å². The van der Waals surface area contributed by atoms with Crippen molar-refractivity contribution in [2.24, 2.45) is 10.8 Å². The minimum atomic E-state index is -1.19. The number of ether oxygens (including phenoxy) is 2. The number of hydrogen-bond acceptors (Lipinski definition) is 5. The summed E-state index contributed by atoms with van der Waals surface area (Å²) in [4.78, 5) is 28.6. The van der Waals surface area contributed by atoms with Crippen molar-refractivity contribution in [3.8, 4) is 5.75 Å². The van der Waals surface area contributed by atoms with Crippen LogP contribution < -0.4 is 4.74 Å². The van der Waals surface area contributed by atoms with Crippen LogP contribution in [-0.2, 0) is 14.3 Å². The molecule has 0 unspecified atom stereocenters. The van der Waals surface area contributed by atoms with E-state index in [1.54, 1.807) is 18.3 Å². The van der Waals surface area contributed by atoms with Crippen molar-refractivity contribution in [3.05, 3.63) is 24.5 Å². The molecule has 2 atom stereocenters. The van der Waals surface area contributed by atoms with Crippen LogP contribution in [0.15, 0.2) is 24.5 Å².